The van der Waals surface area contributed by atoms with Crippen molar-refractivity contribution >= 4 is 17.0 Å². The molecule has 1 aromatic heterocycles. The Hall–Kier alpha value is -1.32. The lowest BCUT2D eigenvalue weighted by Gasteiger charge is -2.37. The molecule has 0 N–H and O–H groups in total. The maximum atomic E-state index is 2.76. The molecule has 0 spiro atoms. The minimum absolute atomic E-state index is 0.787. The molecule has 2 saturated heterocycles. The van der Waals surface area contributed by atoms with E-state index in [1.54, 1.807) is 0 Å². The van der Waals surface area contributed by atoms with Crippen LogP contribution >= 0.6 is 11.3 Å². The molecule has 3 heteroatoms. The molecule has 1 aromatic carbocycles. The average molecular weight is 355 g/mol. The van der Waals surface area contributed by atoms with Gasteiger partial charge in [-0.25, -0.2) is 0 Å². The van der Waals surface area contributed by atoms with Crippen molar-refractivity contribution < 1.29 is 0 Å². The van der Waals surface area contributed by atoms with Crippen LogP contribution in [0.15, 0.2) is 41.8 Å². The summed E-state index contributed by atoms with van der Waals surface area (Å²) in [6.45, 7) is 8.55. The van der Waals surface area contributed by atoms with Gasteiger partial charge in [-0.3, -0.25) is 4.90 Å². The summed E-state index contributed by atoms with van der Waals surface area (Å²) in [5.74, 6) is 0.873. The van der Waals surface area contributed by atoms with E-state index >= 15 is 0 Å². The summed E-state index contributed by atoms with van der Waals surface area (Å²) in [5.41, 5.74) is 2.80. The molecule has 134 valence electrons. The molecule has 25 heavy (non-hydrogen) atoms. The molecule has 2 nitrogen and oxygen atoms in total. The quantitative estimate of drug-likeness (QED) is 0.715. The number of nitrogens with zero attached hydrogens (tertiary/aromatic N) is 2. The van der Waals surface area contributed by atoms with Gasteiger partial charge in [-0.1, -0.05) is 30.3 Å². The molecule has 2 atom stereocenters. The summed E-state index contributed by atoms with van der Waals surface area (Å²) in [4.78, 5) is 6.81. The summed E-state index contributed by atoms with van der Waals surface area (Å²) >= 11 is 1.87. The number of anilines is 1. The zero-order valence-electron chi connectivity index (χ0n) is 15.5. The molecular formula is C22H30N2S. The van der Waals surface area contributed by atoms with E-state index in [9.17, 15) is 0 Å². The van der Waals surface area contributed by atoms with Crippen molar-refractivity contribution in [1.82, 2.24) is 4.90 Å². The van der Waals surface area contributed by atoms with Crippen LogP contribution < -0.4 is 4.90 Å². The van der Waals surface area contributed by atoms with Crippen LogP contribution in [0.2, 0.25) is 0 Å². The molecule has 2 unspecified atom stereocenters. The van der Waals surface area contributed by atoms with E-state index in [1.165, 1.54) is 61.4 Å². The van der Waals surface area contributed by atoms with Gasteiger partial charge in [0.1, 0.15) is 0 Å². The first-order valence-corrected chi connectivity index (χ1v) is 10.7. The van der Waals surface area contributed by atoms with Crippen molar-refractivity contribution in [2.24, 2.45) is 5.92 Å². The van der Waals surface area contributed by atoms with Gasteiger partial charge in [-0.15, -0.1) is 11.3 Å². The van der Waals surface area contributed by atoms with E-state index in [4.69, 9.17) is 0 Å². The van der Waals surface area contributed by atoms with Gasteiger partial charge < -0.3 is 4.90 Å². The Kier molecular flexibility index (Phi) is 5.14. The molecule has 0 radical (unpaired) electrons. The first-order valence-electron chi connectivity index (χ1n) is 9.86. The molecule has 3 heterocycles. The van der Waals surface area contributed by atoms with Crippen LogP contribution in [0.5, 0.6) is 0 Å². The molecule has 0 amide bonds. The van der Waals surface area contributed by atoms with Crippen molar-refractivity contribution in [3.05, 3.63) is 41.8 Å². The third-order valence-corrected chi connectivity index (χ3v) is 7.19. The van der Waals surface area contributed by atoms with Gasteiger partial charge in [0, 0.05) is 31.7 Å². The zero-order chi connectivity index (χ0) is 17.2. The minimum Gasteiger partial charge on any atom is -0.370 e. The molecule has 2 aliphatic heterocycles. The van der Waals surface area contributed by atoms with Crippen molar-refractivity contribution in [2.75, 3.05) is 24.5 Å². The number of thiophene rings is 1. The lowest BCUT2D eigenvalue weighted by atomic mass is 9.95. The first kappa shape index (κ1) is 17.1. The number of rotatable bonds is 4. The van der Waals surface area contributed by atoms with Crippen molar-refractivity contribution in [2.45, 2.75) is 51.6 Å². The van der Waals surface area contributed by atoms with Crippen LogP contribution in [0, 0.1) is 5.92 Å². The molecule has 2 aromatic rings. The van der Waals surface area contributed by atoms with Gasteiger partial charge in [-0.2, -0.15) is 0 Å². The van der Waals surface area contributed by atoms with E-state index < -0.39 is 0 Å². The van der Waals surface area contributed by atoms with Crippen LogP contribution in [0.3, 0.4) is 0 Å². The Morgan fingerprint density at radius 1 is 0.920 bits per heavy atom. The van der Waals surface area contributed by atoms with Crippen molar-refractivity contribution in [3.8, 4) is 10.4 Å². The number of hydrogen-bond acceptors (Lipinski definition) is 3. The van der Waals surface area contributed by atoms with Crippen LogP contribution in [-0.4, -0.2) is 36.6 Å². The number of benzene rings is 1. The lowest BCUT2D eigenvalue weighted by Crippen LogP contribution is -2.41. The summed E-state index contributed by atoms with van der Waals surface area (Å²) in [6, 6.07) is 14.7. The Bertz CT molecular complexity index is 662. The maximum absolute atomic E-state index is 2.76. The highest BCUT2D eigenvalue weighted by Gasteiger charge is 2.30. The molecule has 2 fully saturated rings. The van der Waals surface area contributed by atoms with Gasteiger partial charge in [-0.05, 0) is 62.5 Å². The van der Waals surface area contributed by atoms with Gasteiger partial charge in [0.25, 0.3) is 0 Å². The van der Waals surface area contributed by atoms with E-state index in [0.717, 1.165) is 18.0 Å². The maximum Gasteiger partial charge on any atom is 0.0576 e. The van der Waals surface area contributed by atoms with Gasteiger partial charge in [0.05, 0.1) is 10.6 Å². The molecular weight excluding hydrogens is 324 g/mol. The highest BCUT2D eigenvalue weighted by atomic mass is 32.1. The molecule has 4 rings (SSSR count). The van der Waals surface area contributed by atoms with Gasteiger partial charge in [0.2, 0.25) is 0 Å². The number of likely N-dealkylation sites (tertiary alicyclic amines) is 1. The Labute approximate surface area is 156 Å². The molecule has 0 aliphatic carbocycles. The summed E-state index contributed by atoms with van der Waals surface area (Å²) in [5, 5.41) is 2.25. The fraction of sp³-hybridized carbons (Fsp3) is 0.545. The Balaban J connectivity index is 1.39. The number of piperidine rings is 1. The predicted octanol–water partition coefficient (Wildman–Crippen LogP) is 5.50. The van der Waals surface area contributed by atoms with E-state index in [2.05, 4.69) is 65.4 Å². The number of hydrogen-bond donors (Lipinski definition) is 0. The minimum atomic E-state index is 0.787. The first-order chi connectivity index (χ1) is 12.2. The summed E-state index contributed by atoms with van der Waals surface area (Å²) in [7, 11) is 0. The van der Waals surface area contributed by atoms with Gasteiger partial charge >= 0.3 is 0 Å². The van der Waals surface area contributed by atoms with Crippen LogP contribution in [0.25, 0.3) is 10.4 Å². The Morgan fingerprint density at radius 2 is 1.60 bits per heavy atom. The van der Waals surface area contributed by atoms with E-state index in [0.29, 0.717) is 0 Å². The normalized spacial score (nSPS) is 25.6. The fourth-order valence-corrected chi connectivity index (χ4v) is 5.54. The third-order valence-electron chi connectivity index (χ3n) is 6.24. The largest absolute Gasteiger partial charge is 0.370 e. The third kappa shape index (κ3) is 3.63. The fourth-order valence-electron chi connectivity index (χ4n) is 4.62. The smallest absolute Gasteiger partial charge is 0.0576 e. The molecule has 0 saturated carbocycles. The van der Waals surface area contributed by atoms with Crippen molar-refractivity contribution in [1.29, 1.82) is 0 Å². The summed E-state index contributed by atoms with van der Waals surface area (Å²) in [6.07, 6.45) is 5.44. The second kappa shape index (κ2) is 7.51. The van der Waals surface area contributed by atoms with Crippen LogP contribution in [0.1, 0.15) is 39.5 Å². The SMILES string of the molecule is CC1CCC(C)N1CC1CCN(c2ccsc2-c2ccccc2)CC1. The Morgan fingerprint density at radius 3 is 2.28 bits per heavy atom. The second-order valence-electron chi connectivity index (χ2n) is 7.90. The van der Waals surface area contributed by atoms with Crippen LogP contribution in [-0.2, 0) is 0 Å². The highest BCUT2D eigenvalue weighted by molar-refractivity contribution is 7.14. The standard InChI is InChI=1S/C22H30N2S/c1-17-8-9-18(2)24(17)16-19-10-13-23(14-11-19)21-12-15-25-22(21)20-6-4-3-5-7-20/h3-7,12,15,17-19H,8-11,13-14,16H2,1-2H3. The lowest BCUT2D eigenvalue weighted by molar-refractivity contribution is 0.166. The predicted molar refractivity (Wildman–Crippen MR) is 110 cm³/mol. The monoisotopic (exact) mass is 354 g/mol. The molecule has 0 bridgehead atoms. The van der Waals surface area contributed by atoms with E-state index in [1.807, 2.05) is 11.3 Å². The zero-order valence-corrected chi connectivity index (χ0v) is 16.3. The van der Waals surface area contributed by atoms with Gasteiger partial charge in [0.15, 0.2) is 0 Å². The topological polar surface area (TPSA) is 6.48 Å². The highest BCUT2D eigenvalue weighted by Crippen LogP contribution is 2.38. The van der Waals surface area contributed by atoms with Crippen molar-refractivity contribution in [3.63, 3.8) is 0 Å². The second-order valence-corrected chi connectivity index (χ2v) is 8.82. The van der Waals surface area contributed by atoms with Crippen LogP contribution in [0.4, 0.5) is 5.69 Å². The summed E-state index contributed by atoms with van der Waals surface area (Å²) < 4.78 is 0. The van der Waals surface area contributed by atoms with E-state index in [-0.39, 0.29) is 0 Å². The molecule has 2 aliphatic rings. The average Bonchev–Trinajstić information content (AvgIpc) is 3.26.